The lowest BCUT2D eigenvalue weighted by Crippen LogP contribution is -2.70. The van der Waals surface area contributed by atoms with Crippen molar-refractivity contribution >= 4 is 121 Å². The second kappa shape index (κ2) is 11.5. The Balaban J connectivity index is 1.44. The summed E-state index contributed by atoms with van der Waals surface area (Å²) >= 11 is 0. The Hall–Kier alpha value is -3.78. The molecule has 0 amide bonds. The van der Waals surface area contributed by atoms with Crippen molar-refractivity contribution < 1.29 is 0 Å². The molecule has 0 saturated carbocycles. The molecule has 14 rings (SSSR count). The van der Waals surface area contributed by atoms with Gasteiger partial charge in [0.25, 0.3) is 0 Å². The van der Waals surface area contributed by atoms with Crippen molar-refractivity contribution in [3.8, 4) is 11.4 Å². The largest absolute Gasteiger partial charge is 0.309 e. The number of rotatable bonds is 0. The summed E-state index contributed by atoms with van der Waals surface area (Å²) in [5.74, 6) is 0. The van der Waals surface area contributed by atoms with E-state index in [4.69, 9.17) is 0 Å². The highest BCUT2D eigenvalue weighted by molar-refractivity contribution is 7.50. The standard InChI is InChI=1S/C50H58N2Si6/c1-53(2)31-33-13-15-35(16-14-33)51-46-23-21-38-26-42(46)44-28-40-25-34(49(44)51)32-54(3,4)48-30-41(58(11,12)57(40,9)10)29-45-43-27-39(56(7,8)55(38,5)6)22-24-47(43)52(50(45)48)36-17-19-37(53)20-18-36/h13-30H,31-32H2,1-12H3. The summed E-state index contributed by atoms with van der Waals surface area (Å²) in [4.78, 5) is 0. The quantitative estimate of drug-likeness (QED) is 0.135. The van der Waals surface area contributed by atoms with Crippen molar-refractivity contribution in [3.63, 3.8) is 0 Å². The maximum atomic E-state index is 2.80. The van der Waals surface area contributed by atoms with E-state index in [1.807, 2.05) is 0 Å². The summed E-state index contributed by atoms with van der Waals surface area (Å²) in [5.41, 5.74) is 11.3. The van der Waals surface area contributed by atoms with Gasteiger partial charge in [0, 0.05) is 32.9 Å². The predicted molar refractivity (Wildman–Crippen MR) is 272 cm³/mol. The molecule has 0 spiro atoms. The summed E-state index contributed by atoms with van der Waals surface area (Å²) in [6.07, 6.45) is 0. The minimum atomic E-state index is -2.20. The van der Waals surface area contributed by atoms with Crippen LogP contribution in [0.4, 0.5) is 0 Å². The fourth-order valence-electron chi connectivity index (χ4n) is 11.5. The highest BCUT2D eigenvalue weighted by Crippen LogP contribution is 2.40. The molecule has 0 N–H and O–H groups in total. The van der Waals surface area contributed by atoms with E-state index in [1.165, 1.54) is 65.7 Å². The third-order valence-corrected chi connectivity index (χ3v) is 58.7. The van der Waals surface area contributed by atoms with E-state index < -0.39 is 46.5 Å². The first-order valence-corrected chi connectivity index (χ1v) is 42.1. The van der Waals surface area contributed by atoms with Crippen molar-refractivity contribution in [1.29, 1.82) is 0 Å². The van der Waals surface area contributed by atoms with Crippen LogP contribution < -0.4 is 31.1 Å². The van der Waals surface area contributed by atoms with Gasteiger partial charge in [-0.1, -0.05) is 183 Å². The molecule has 0 saturated heterocycles. The van der Waals surface area contributed by atoms with Crippen molar-refractivity contribution in [2.75, 3.05) is 0 Å². The van der Waals surface area contributed by atoms with Crippen molar-refractivity contribution in [2.45, 2.75) is 90.7 Å². The molecule has 2 nitrogen and oxygen atoms in total. The molecule has 0 fully saturated rings. The van der Waals surface area contributed by atoms with Crippen LogP contribution in [0, 0.1) is 0 Å². The van der Waals surface area contributed by atoms with E-state index in [0.29, 0.717) is 0 Å². The van der Waals surface area contributed by atoms with E-state index in [0.717, 1.165) is 12.1 Å². The predicted octanol–water partition coefficient (Wildman–Crippen LogP) is 9.43. The van der Waals surface area contributed by atoms with Gasteiger partial charge in [-0.05, 0) is 59.2 Å². The van der Waals surface area contributed by atoms with E-state index in [9.17, 15) is 0 Å². The lowest BCUT2D eigenvalue weighted by Gasteiger charge is -2.41. The minimum absolute atomic E-state index is 1.11. The Kier molecular flexibility index (Phi) is 7.40. The molecule has 16 bridgehead atoms. The number of nitrogens with zero attached hydrogens (tertiary/aromatic N) is 2. The van der Waals surface area contributed by atoms with Crippen LogP contribution in [0.3, 0.4) is 0 Å². The maximum Gasteiger partial charge on any atom is 0.0877 e. The molecule has 8 heteroatoms. The van der Waals surface area contributed by atoms with Gasteiger partial charge in [-0.15, -0.1) is 0 Å². The Morgan fingerprint density at radius 2 is 0.793 bits per heavy atom. The van der Waals surface area contributed by atoms with Crippen molar-refractivity contribution in [1.82, 2.24) is 9.13 Å². The third kappa shape index (κ3) is 4.73. The van der Waals surface area contributed by atoms with Crippen molar-refractivity contribution in [3.05, 3.63) is 120 Å². The zero-order chi connectivity index (χ0) is 40.7. The van der Waals surface area contributed by atoms with Crippen LogP contribution in [-0.4, -0.2) is 55.6 Å². The van der Waals surface area contributed by atoms with Crippen LogP contribution in [0.25, 0.3) is 55.0 Å². The molecule has 6 aromatic carbocycles. The second-order valence-electron chi connectivity index (χ2n) is 21.9. The zero-order valence-electron chi connectivity index (χ0n) is 36.7. The summed E-state index contributed by atoms with van der Waals surface area (Å²) < 4.78 is 5.42. The number of hydrogen-bond donors (Lipinski definition) is 0. The Labute approximate surface area is 350 Å². The van der Waals surface area contributed by atoms with Crippen LogP contribution in [0.1, 0.15) is 11.1 Å². The van der Waals surface area contributed by atoms with Gasteiger partial charge < -0.3 is 9.13 Å². The molecule has 0 atom stereocenters. The van der Waals surface area contributed by atoms with Crippen LogP contribution in [0.15, 0.2) is 109 Å². The highest BCUT2D eigenvalue weighted by Gasteiger charge is 2.48. The lowest BCUT2D eigenvalue weighted by molar-refractivity contribution is 1.15. The van der Waals surface area contributed by atoms with Gasteiger partial charge in [0.1, 0.15) is 0 Å². The fraction of sp³-hybridized carbons (Fsp3) is 0.280. The smallest absolute Gasteiger partial charge is 0.0877 e. The Bertz CT molecular complexity index is 3100. The molecule has 0 aliphatic carbocycles. The summed E-state index contributed by atoms with van der Waals surface area (Å²) in [6.45, 7) is 32.2. The Morgan fingerprint density at radius 1 is 0.362 bits per heavy atom. The maximum absolute atomic E-state index is 2.80. The highest BCUT2D eigenvalue weighted by atomic mass is 29.3. The minimum Gasteiger partial charge on any atom is -0.309 e. The van der Waals surface area contributed by atoms with Gasteiger partial charge in [0.15, 0.2) is 0 Å². The van der Waals surface area contributed by atoms with E-state index in [-0.39, 0.29) is 0 Å². The van der Waals surface area contributed by atoms with E-state index in [2.05, 4.69) is 197 Å². The van der Waals surface area contributed by atoms with Gasteiger partial charge in [-0.3, -0.25) is 0 Å². The molecule has 6 aliphatic heterocycles. The van der Waals surface area contributed by atoms with E-state index in [1.54, 1.807) is 31.5 Å². The fourth-order valence-corrected chi connectivity index (χ4v) is 34.4. The molecular weight excluding hydrogens is 797 g/mol. The molecule has 292 valence electrons. The third-order valence-electron chi connectivity index (χ3n) is 16.9. The summed E-state index contributed by atoms with van der Waals surface area (Å²) in [6, 6.07) is 48.7. The molecule has 8 heterocycles. The lowest BCUT2D eigenvalue weighted by atomic mass is 10.1. The van der Waals surface area contributed by atoms with Gasteiger partial charge in [0.2, 0.25) is 0 Å². The Morgan fingerprint density at radius 3 is 1.34 bits per heavy atom. The molecule has 58 heavy (non-hydrogen) atoms. The van der Waals surface area contributed by atoms with Crippen LogP contribution in [-0.2, 0) is 12.1 Å². The summed E-state index contributed by atoms with van der Waals surface area (Å²) in [5, 5.41) is 15.7. The van der Waals surface area contributed by atoms with Gasteiger partial charge in [-0.2, -0.15) is 0 Å². The van der Waals surface area contributed by atoms with Gasteiger partial charge in [-0.25, -0.2) is 0 Å². The molecule has 0 radical (unpaired) electrons. The molecule has 8 aromatic rings. The van der Waals surface area contributed by atoms with Crippen molar-refractivity contribution in [2.24, 2.45) is 0 Å². The number of aromatic nitrogens is 2. The monoisotopic (exact) mass is 854 g/mol. The number of hydrogen-bond acceptors (Lipinski definition) is 0. The van der Waals surface area contributed by atoms with Crippen LogP contribution >= 0.6 is 0 Å². The molecule has 6 aliphatic rings. The normalized spacial score (nSPS) is 20.1. The molecule has 2 aromatic heterocycles. The first kappa shape index (κ1) is 37.2. The SMILES string of the molecule is C[Si]1(C)Cc2ccc(cc2)-n2c3ccc4cc3c3cc5cc(c32)C[Si](C)(C)c2cc(cc3c6cc(ccc6n(c23)-c2ccc1cc2)[Si](C)(C)[Si]4(C)C)[Si](C)(C)[Si]5(C)C. The average molecular weight is 856 g/mol. The van der Waals surface area contributed by atoms with Gasteiger partial charge >= 0.3 is 0 Å². The summed E-state index contributed by atoms with van der Waals surface area (Å²) in [7, 11) is -12.1. The van der Waals surface area contributed by atoms with Gasteiger partial charge in [0.05, 0.1) is 68.6 Å². The second-order valence-corrected chi connectivity index (χ2v) is 61.6. The average Bonchev–Trinajstić information content (AvgIpc) is 3.69. The number of benzene rings is 6. The topological polar surface area (TPSA) is 9.86 Å². The zero-order valence-corrected chi connectivity index (χ0v) is 42.7. The number of fused-ring (bicyclic) bond motifs is 4. The van der Waals surface area contributed by atoms with E-state index >= 15 is 0 Å². The van der Waals surface area contributed by atoms with Crippen LogP contribution in [0.5, 0.6) is 0 Å². The molecular formula is C50H58N2Si6. The first-order valence-electron chi connectivity index (χ1n) is 21.7. The first-order chi connectivity index (χ1) is 27.2. The van der Waals surface area contributed by atoms with Crippen LogP contribution in [0.2, 0.25) is 78.6 Å². The molecule has 0 unspecified atom stereocenters.